The first-order valence-electron chi connectivity index (χ1n) is 7.86. The van der Waals surface area contributed by atoms with Crippen LogP contribution in [0.2, 0.25) is 0 Å². The van der Waals surface area contributed by atoms with Crippen molar-refractivity contribution in [3.63, 3.8) is 0 Å². The molecular weight excluding hydrogens is 376 g/mol. The molecule has 2 aromatic rings. The van der Waals surface area contributed by atoms with Crippen molar-refractivity contribution in [3.8, 4) is 11.5 Å². The molecule has 8 nitrogen and oxygen atoms in total. The molecule has 0 aliphatic heterocycles. The van der Waals surface area contributed by atoms with Crippen molar-refractivity contribution in [3.05, 3.63) is 59.7 Å². The van der Waals surface area contributed by atoms with Gasteiger partial charge >= 0.3 is 11.9 Å². The van der Waals surface area contributed by atoms with Crippen LogP contribution in [-0.4, -0.2) is 44.4 Å². The normalized spacial score (nSPS) is 12.4. The van der Waals surface area contributed by atoms with E-state index in [9.17, 15) is 9.59 Å². The molecule has 9 heteroatoms. The van der Waals surface area contributed by atoms with E-state index in [1.807, 2.05) is 0 Å². The van der Waals surface area contributed by atoms with E-state index in [4.69, 9.17) is 37.9 Å². The minimum absolute atomic E-state index is 0.152. The van der Waals surface area contributed by atoms with Gasteiger partial charge in [0.05, 0.1) is 0 Å². The summed E-state index contributed by atoms with van der Waals surface area (Å²) in [6, 6.07) is 10.9. The number of aliphatic carboxylic acids is 2. The Labute approximate surface area is 160 Å². The Morgan fingerprint density at radius 2 is 1.26 bits per heavy atom. The number of phenols is 2. The van der Waals surface area contributed by atoms with Gasteiger partial charge in [-0.15, -0.1) is 0 Å². The van der Waals surface area contributed by atoms with Gasteiger partial charge < -0.3 is 26.2 Å². The standard InChI is InChI=1S/C9H10ClNO3.C9H11NO3/c10-11-8(9(13)14)5-6-1-3-7(12)4-2-6;10-8(9(12)13)5-6-1-3-7(11)4-2-6/h1-4,8,11-12H,5H2,(H,13,14);1-4,8,11H,5,10H2,(H,12,13). The number of nitrogens with one attached hydrogen (secondary N) is 1. The summed E-state index contributed by atoms with van der Waals surface area (Å²) >= 11 is 5.26. The predicted octanol–water partition coefficient (Wildman–Crippen LogP) is 1.48. The molecule has 27 heavy (non-hydrogen) atoms. The van der Waals surface area contributed by atoms with Crippen LogP contribution < -0.4 is 10.6 Å². The number of benzene rings is 2. The van der Waals surface area contributed by atoms with Crippen molar-refractivity contribution in [1.29, 1.82) is 0 Å². The topological polar surface area (TPSA) is 153 Å². The summed E-state index contributed by atoms with van der Waals surface area (Å²) in [4.78, 5) is 23.2. The monoisotopic (exact) mass is 396 g/mol. The molecule has 0 saturated heterocycles. The molecule has 0 bridgehead atoms. The molecule has 0 amide bonds. The van der Waals surface area contributed by atoms with Crippen LogP contribution in [0.4, 0.5) is 0 Å². The summed E-state index contributed by atoms with van der Waals surface area (Å²) in [5.41, 5.74) is 6.92. The first kappa shape index (κ1) is 22.2. The molecule has 2 rings (SSSR count). The maximum Gasteiger partial charge on any atom is 0.322 e. The van der Waals surface area contributed by atoms with Crippen LogP contribution in [0.5, 0.6) is 11.5 Å². The highest BCUT2D eigenvalue weighted by molar-refractivity contribution is 6.14. The van der Waals surface area contributed by atoms with Crippen molar-refractivity contribution in [2.45, 2.75) is 24.9 Å². The van der Waals surface area contributed by atoms with E-state index < -0.39 is 24.0 Å². The zero-order chi connectivity index (χ0) is 20.4. The van der Waals surface area contributed by atoms with E-state index in [1.165, 1.54) is 24.3 Å². The number of hydrogen-bond acceptors (Lipinski definition) is 6. The summed E-state index contributed by atoms with van der Waals surface area (Å²) in [5.74, 6) is -1.71. The molecule has 0 radical (unpaired) electrons. The average molecular weight is 397 g/mol. The first-order valence-corrected chi connectivity index (χ1v) is 8.24. The lowest BCUT2D eigenvalue weighted by atomic mass is 10.1. The van der Waals surface area contributed by atoms with Crippen LogP contribution in [0.15, 0.2) is 48.5 Å². The number of rotatable bonds is 7. The molecule has 0 aliphatic rings. The fourth-order valence-corrected chi connectivity index (χ4v) is 2.18. The Hall–Kier alpha value is -2.81. The number of hydrogen-bond donors (Lipinski definition) is 6. The third-order valence-electron chi connectivity index (χ3n) is 3.52. The smallest absolute Gasteiger partial charge is 0.322 e. The highest BCUT2D eigenvalue weighted by atomic mass is 35.5. The van der Waals surface area contributed by atoms with E-state index in [0.29, 0.717) is 0 Å². The van der Waals surface area contributed by atoms with Gasteiger partial charge in [0, 0.05) is 0 Å². The summed E-state index contributed by atoms with van der Waals surface area (Å²) < 4.78 is 0. The van der Waals surface area contributed by atoms with Crippen LogP contribution in [0, 0.1) is 0 Å². The number of phenolic OH excluding ortho intramolecular Hbond substituents is 2. The van der Waals surface area contributed by atoms with Crippen LogP contribution in [0.1, 0.15) is 11.1 Å². The van der Waals surface area contributed by atoms with Gasteiger partial charge in [0.2, 0.25) is 0 Å². The van der Waals surface area contributed by atoms with Crippen molar-refractivity contribution in [2.24, 2.45) is 5.73 Å². The molecule has 2 atom stereocenters. The van der Waals surface area contributed by atoms with Crippen LogP contribution in [0.3, 0.4) is 0 Å². The third kappa shape index (κ3) is 8.41. The van der Waals surface area contributed by atoms with E-state index >= 15 is 0 Å². The van der Waals surface area contributed by atoms with E-state index in [-0.39, 0.29) is 24.3 Å². The SMILES string of the molecule is NC(Cc1ccc(O)cc1)C(=O)O.O=C(O)C(Cc1ccc(O)cc1)NCl. The molecule has 2 aromatic carbocycles. The molecule has 146 valence electrons. The maximum atomic E-state index is 10.6. The Morgan fingerprint density at radius 1 is 0.852 bits per heavy atom. The molecular formula is C18H21ClN2O6. The highest BCUT2D eigenvalue weighted by Crippen LogP contribution is 2.12. The van der Waals surface area contributed by atoms with Crippen molar-refractivity contribution >= 4 is 23.7 Å². The van der Waals surface area contributed by atoms with Crippen LogP contribution >= 0.6 is 11.8 Å². The van der Waals surface area contributed by atoms with Crippen LogP contribution in [-0.2, 0) is 22.4 Å². The molecule has 0 heterocycles. The number of carboxylic acids is 2. The Balaban J connectivity index is 0.000000271. The van der Waals surface area contributed by atoms with Gasteiger partial charge in [-0.05, 0) is 60.0 Å². The molecule has 7 N–H and O–H groups in total. The van der Waals surface area contributed by atoms with E-state index in [1.54, 1.807) is 24.3 Å². The zero-order valence-electron chi connectivity index (χ0n) is 14.2. The summed E-state index contributed by atoms with van der Waals surface area (Å²) in [6.07, 6.45) is 0.550. The second-order valence-corrected chi connectivity index (χ2v) is 5.90. The highest BCUT2D eigenvalue weighted by Gasteiger charge is 2.16. The van der Waals surface area contributed by atoms with Crippen molar-refractivity contribution < 1.29 is 30.0 Å². The molecule has 0 spiro atoms. The summed E-state index contributed by atoms with van der Waals surface area (Å²) in [5, 5.41) is 35.2. The molecule has 0 fully saturated rings. The number of carbonyl (C=O) groups is 2. The molecule has 0 saturated carbocycles. The molecule has 0 aromatic heterocycles. The summed E-state index contributed by atoms with van der Waals surface area (Å²) in [7, 11) is 0. The van der Waals surface area contributed by atoms with Gasteiger partial charge in [-0.3, -0.25) is 9.59 Å². The third-order valence-corrected chi connectivity index (χ3v) is 3.78. The minimum Gasteiger partial charge on any atom is -0.508 e. The fourth-order valence-electron chi connectivity index (χ4n) is 2.01. The first-order chi connectivity index (χ1) is 12.7. The van der Waals surface area contributed by atoms with Gasteiger partial charge in [0.15, 0.2) is 0 Å². The Morgan fingerprint density at radius 3 is 1.59 bits per heavy atom. The zero-order valence-corrected chi connectivity index (χ0v) is 15.0. The quantitative estimate of drug-likeness (QED) is 0.385. The minimum atomic E-state index is -1.02. The Kier molecular flexibility index (Phi) is 9.07. The van der Waals surface area contributed by atoms with E-state index in [2.05, 4.69) is 4.84 Å². The lowest BCUT2D eigenvalue weighted by Gasteiger charge is -2.09. The lowest BCUT2D eigenvalue weighted by Crippen LogP contribution is -2.32. The maximum absolute atomic E-state index is 10.6. The number of carboxylic acid groups (broad SMARTS) is 2. The van der Waals surface area contributed by atoms with Crippen molar-refractivity contribution in [2.75, 3.05) is 0 Å². The van der Waals surface area contributed by atoms with Crippen molar-refractivity contribution in [1.82, 2.24) is 4.84 Å². The van der Waals surface area contributed by atoms with Gasteiger partial charge in [-0.2, -0.15) is 0 Å². The number of aromatic hydroxyl groups is 2. The fraction of sp³-hybridized carbons (Fsp3) is 0.222. The van der Waals surface area contributed by atoms with Crippen LogP contribution in [0.25, 0.3) is 0 Å². The van der Waals surface area contributed by atoms with Gasteiger partial charge in [0.1, 0.15) is 23.6 Å². The molecule has 2 unspecified atom stereocenters. The second kappa shape index (κ2) is 11.0. The Bertz CT molecular complexity index is 737. The average Bonchev–Trinajstić information content (AvgIpc) is 2.63. The lowest BCUT2D eigenvalue weighted by molar-refractivity contribution is -0.139. The number of nitrogens with two attached hydrogens (primary N) is 1. The number of halogens is 1. The van der Waals surface area contributed by atoms with Gasteiger partial charge in [0.25, 0.3) is 0 Å². The summed E-state index contributed by atoms with van der Waals surface area (Å²) in [6.45, 7) is 0. The molecule has 0 aliphatic carbocycles. The van der Waals surface area contributed by atoms with Gasteiger partial charge in [-0.1, -0.05) is 24.3 Å². The predicted molar refractivity (Wildman–Crippen MR) is 99.6 cm³/mol. The van der Waals surface area contributed by atoms with Gasteiger partial charge in [-0.25, -0.2) is 4.84 Å². The largest absolute Gasteiger partial charge is 0.508 e. The van der Waals surface area contributed by atoms with E-state index in [0.717, 1.165) is 11.1 Å². The second-order valence-electron chi connectivity index (χ2n) is 5.69.